The Bertz CT molecular complexity index is 714. The Morgan fingerprint density at radius 3 is 2.95 bits per heavy atom. The summed E-state index contributed by atoms with van der Waals surface area (Å²) in [5.41, 5.74) is 0.972. The zero-order valence-electron chi connectivity index (χ0n) is 10.7. The van der Waals surface area contributed by atoms with Gasteiger partial charge in [0.2, 0.25) is 0 Å². The molecule has 1 aromatic carbocycles. The minimum Gasteiger partial charge on any atom is -0.395 e. The smallest absolute Gasteiger partial charge is 0.267 e. The fourth-order valence-electron chi connectivity index (χ4n) is 1.68. The molecule has 0 amide bonds. The van der Waals surface area contributed by atoms with E-state index in [4.69, 9.17) is 5.11 Å². The highest BCUT2D eigenvalue weighted by Crippen LogP contribution is 2.11. The van der Waals surface area contributed by atoms with Gasteiger partial charge < -0.3 is 5.11 Å². The molecule has 2 aromatic rings. The molecule has 0 radical (unpaired) electrons. The van der Waals surface area contributed by atoms with Crippen molar-refractivity contribution in [3.05, 3.63) is 63.8 Å². The van der Waals surface area contributed by atoms with E-state index in [0.717, 1.165) is 0 Å². The SMILES string of the molecule is O=c1cccnn1Cc1ccc(F)cc1C#CCCO. The predicted octanol–water partition coefficient (Wildman–Crippen LogP) is 1.16. The van der Waals surface area contributed by atoms with E-state index < -0.39 is 5.82 Å². The van der Waals surface area contributed by atoms with Crippen molar-refractivity contribution in [3.8, 4) is 11.8 Å². The molecule has 1 aromatic heterocycles. The molecule has 1 heterocycles. The Morgan fingerprint density at radius 2 is 2.20 bits per heavy atom. The van der Waals surface area contributed by atoms with Crippen molar-refractivity contribution in [2.75, 3.05) is 6.61 Å². The first-order valence-electron chi connectivity index (χ1n) is 6.11. The second-order valence-corrected chi connectivity index (χ2v) is 4.10. The first kappa shape index (κ1) is 14.0. The van der Waals surface area contributed by atoms with Gasteiger partial charge in [-0.05, 0) is 23.8 Å². The molecule has 0 bridgehead atoms. The summed E-state index contributed by atoms with van der Waals surface area (Å²) in [4.78, 5) is 11.6. The van der Waals surface area contributed by atoms with Crippen LogP contribution in [0.15, 0.2) is 41.3 Å². The van der Waals surface area contributed by atoms with E-state index in [1.165, 1.54) is 29.1 Å². The van der Waals surface area contributed by atoms with Gasteiger partial charge in [-0.15, -0.1) is 0 Å². The van der Waals surface area contributed by atoms with E-state index in [1.54, 1.807) is 12.1 Å². The molecule has 0 aliphatic heterocycles. The zero-order chi connectivity index (χ0) is 14.4. The summed E-state index contributed by atoms with van der Waals surface area (Å²) < 4.78 is 14.6. The molecule has 0 aliphatic carbocycles. The van der Waals surface area contributed by atoms with Crippen LogP contribution >= 0.6 is 0 Å². The largest absolute Gasteiger partial charge is 0.395 e. The van der Waals surface area contributed by atoms with E-state index in [-0.39, 0.29) is 18.7 Å². The summed E-state index contributed by atoms with van der Waals surface area (Å²) in [6.07, 6.45) is 1.83. The van der Waals surface area contributed by atoms with Crippen LogP contribution in [0.25, 0.3) is 0 Å². The Morgan fingerprint density at radius 1 is 1.35 bits per heavy atom. The number of aliphatic hydroxyl groups excluding tert-OH is 1. The Labute approximate surface area is 115 Å². The first-order valence-corrected chi connectivity index (χ1v) is 6.11. The number of hydrogen-bond donors (Lipinski definition) is 1. The predicted molar refractivity (Wildman–Crippen MR) is 72.6 cm³/mol. The van der Waals surface area contributed by atoms with Crippen molar-refractivity contribution in [1.29, 1.82) is 0 Å². The van der Waals surface area contributed by atoms with E-state index in [2.05, 4.69) is 16.9 Å². The average Bonchev–Trinajstić information content (AvgIpc) is 2.44. The molecule has 0 fully saturated rings. The third-order valence-electron chi connectivity index (χ3n) is 2.64. The maximum Gasteiger partial charge on any atom is 0.267 e. The first-order chi connectivity index (χ1) is 9.70. The van der Waals surface area contributed by atoms with Crippen LogP contribution < -0.4 is 5.56 Å². The third-order valence-corrected chi connectivity index (χ3v) is 2.64. The molecule has 5 heteroatoms. The molecule has 1 N–H and O–H groups in total. The molecule has 0 aliphatic rings. The van der Waals surface area contributed by atoms with Crippen LogP contribution in [-0.2, 0) is 6.54 Å². The van der Waals surface area contributed by atoms with Crippen molar-refractivity contribution < 1.29 is 9.50 Å². The third kappa shape index (κ3) is 3.53. The number of halogens is 1. The second-order valence-electron chi connectivity index (χ2n) is 4.10. The second kappa shape index (κ2) is 6.64. The normalized spacial score (nSPS) is 9.90. The molecule has 102 valence electrons. The number of nitrogens with zero attached hydrogens (tertiary/aromatic N) is 2. The number of benzene rings is 1. The summed E-state index contributed by atoms with van der Waals surface area (Å²) in [7, 11) is 0. The quantitative estimate of drug-likeness (QED) is 0.853. The van der Waals surface area contributed by atoms with Crippen molar-refractivity contribution >= 4 is 0 Å². The molecular weight excluding hydrogens is 259 g/mol. The minimum atomic E-state index is -0.393. The van der Waals surface area contributed by atoms with Crippen molar-refractivity contribution in [1.82, 2.24) is 9.78 Å². The lowest BCUT2D eigenvalue weighted by atomic mass is 10.1. The highest BCUT2D eigenvalue weighted by molar-refractivity contribution is 5.41. The van der Waals surface area contributed by atoms with Crippen LogP contribution in [0.2, 0.25) is 0 Å². The molecule has 0 saturated carbocycles. The number of aromatic nitrogens is 2. The maximum atomic E-state index is 13.3. The lowest BCUT2D eigenvalue weighted by Crippen LogP contribution is -2.22. The fourth-order valence-corrected chi connectivity index (χ4v) is 1.68. The standard InChI is InChI=1S/C15H13FN2O2/c16-14-7-6-13(12(10-14)4-1-2-9-19)11-18-15(20)5-3-8-17-18/h3,5-8,10,19H,2,9,11H2. The van der Waals surface area contributed by atoms with Crippen LogP contribution in [-0.4, -0.2) is 21.5 Å². The minimum absolute atomic E-state index is 0.0443. The molecule has 2 rings (SSSR count). The van der Waals surface area contributed by atoms with Gasteiger partial charge in [0, 0.05) is 24.2 Å². The number of hydrogen-bond acceptors (Lipinski definition) is 3. The lowest BCUT2D eigenvalue weighted by molar-refractivity contribution is 0.305. The van der Waals surface area contributed by atoms with Crippen molar-refractivity contribution in [2.45, 2.75) is 13.0 Å². The van der Waals surface area contributed by atoms with Crippen molar-refractivity contribution in [3.63, 3.8) is 0 Å². The van der Waals surface area contributed by atoms with Crippen molar-refractivity contribution in [2.24, 2.45) is 0 Å². The summed E-state index contributed by atoms with van der Waals surface area (Å²) in [6.45, 7) is 0.181. The number of rotatable bonds is 3. The lowest BCUT2D eigenvalue weighted by Gasteiger charge is -2.06. The van der Waals surface area contributed by atoms with Crippen LogP contribution in [0.1, 0.15) is 17.5 Å². The van der Waals surface area contributed by atoms with Gasteiger partial charge in [-0.1, -0.05) is 17.9 Å². The molecule has 0 spiro atoms. The van der Waals surface area contributed by atoms with Gasteiger partial charge in [0.25, 0.3) is 5.56 Å². The van der Waals surface area contributed by atoms with E-state index >= 15 is 0 Å². The highest BCUT2D eigenvalue weighted by Gasteiger charge is 2.05. The van der Waals surface area contributed by atoms with Crippen LogP contribution in [0.5, 0.6) is 0 Å². The van der Waals surface area contributed by atoms with Gasteiger partial charge in [-0.2, -0.15) is 5.10 Å². The van der Waals surface area contributed by atoms with Crippen LogP contribution in [0.3, 0.4) is 0 Å². The molecule has 0 saturated heterocycles. The Balaban J connectivity index is 2.35. The molecular formula is C15H13FN2O2. The van der Waals surface area contributed by atoms with E-state index in [0.29, 0.717) is 17.5 Å². The van der Waals surface area contributed by atoms with Gasteiger partial charge >= 0.3 is 0 Å². The maximum absolute atomic E-state index is 13.3. The molecule has 20 heavy (non-hydrogen) atoms. The monoisotopic (exact) mass is 272 g/mol. The van der Waals surface area contributed by atoms with Gasteiger partial charge in [0.1, 0.15) is 5.82 Å². The van der Waals surface area contributed by atoms with Gasteiger partial charge in [-0.3, -0.25) is 4.79 Å². The van der Waals surface area contributed by atoms with Gasteiger partial charge in [0.15, 0.2) is 0 Å². The van der Waals surface area contributed by atoms with E-state index in [1.807, 2.05) is 0 Å². The fraction of sp³-hybridized carbons (Fsp3) is 0.200. The topological polar surface area (TPSA) is 55.1 Å². The molecule has 0 atom stereocenters. The zero-order valence-corrected chi connectivity index (χ0v) is 10.7. The summed E-state index contributed by atoms with van der Waals surface area (Å²) in [5.74, 6) is 5.15. The molecule has 0 unspecified atom stereocenters. The van der Waals surface area contributed by atoms with Gasteiger partial charge in [0.05, 0.1) is 13.2 Å². The number of aliphatic hydroxyl groups is 1. The molecule has 4 nitrogen and oxygen atoms in total. The van der Waals surface area contributed by atoms with Gasteiger partial charge in [-0.25, -0.2) is 9.07 Å². The van der Waals surface area contributed by atoms with Crippen LogP contribution in [0, 0.1) is 17.7 Å². The average molecular weight is 272 g/mol. The summed E-state index contributed by atoms with van der Waals surface area (Å²) >= 11 is 0. The van der Waals surface area contributed by atoms with E-state index in [9.17, 15) is 9.18 Å². The summed E-state index contributed by atoms with van der Waals surface area (Å²) in [6, 6.07) is 7.19. The van der Waals surface area contributed by atoms with Crippen LogP contribution in [0.4, 0.5) is 4.39 Å². The Hall–Kier alpha value is -2.45. The summed E-state index contributed by atoms with van der Waals surface area (Å²) in [5, 5.41) is 12.7. The highest BCUT2D eigenvalue weighted by atomic mass is 19.1. The Kier molecular flexibility index (Phi) is 4.64.